The minimum absolute atomic E-state index is 0.0644. The number of anilines is 3. The summed E-state index contributed by atoms with van der Waals surface area (Å²) in [5.74, 6) is -2.54. The number of benzene rings is 3. The van der Waals surface area contributed by atoms with Gasteiger partial charge in [0, 0.05) is 21.8 Å². The molecule has 6 nitrogen and oxygen atoms in total. The smallest absolute Gasteiger partial charge is 0.288 e. The van der Waals surface area contributed by atoms with Gasteiger partial charge in [0.2, 0.25) is 5.91 Å². The average Bonchev–Trinajstić information content (AvgIpc) is 2.79. The Morgan fingerprint density at radius 1 is 0.906 bits per heavy atom. The minimum Gasteiger partial charge on any atom is -0.497 e. The van der Waals surface area contributed by atoms with Gasteiger partial charge in [-0.2, -0.15) is 8.78 Å². The maximum atomic E-state index is 12.7. The highest BCUT2D eigenvalue weighted by Gasteiger charge is 2.12. The van der Waals surface area contributed by atoms with Crippen LogP contribution in [0.2, 0.25) is 0 Å². The lowest BCUT2D eigenvalue weighted by Gasteiger charge is -2.12. The fourth-order valence-electron chi connectivity index (χ4n) is 2.76. The number of rotatable bonds is 9. The van der Waals surface area contributed by atoms with Crippen LogP contribution in [0.25, 0.3) is 0 Å². The van der Waals surface area contributed by atoms with Crippen molar-refractivity contribution in [2.75, 3.05) is 29.6 Å². The molecule has 166 valence electrons. The molecule has 3 aromatic rings. The van der Waals surface area contributed by atoms with Gasteiger partial charge >= 0.3 is 0 Å². The van der Waals surface area contributed by atoms with E-state index in [1.54, 1.807) is 73.8 Å². The standard InChI is InChI=1S/C23H21F2N3O3S/c1-31-18-12-10-17(11-13-18)27-22(30)15-6-8-16(9-7-15)26-14-21(29)28-19-4-2-3-5-20(19)32-23(24)25/h2-13,23,26H,14H2,1H3,(H,27,30)(H,28,29). The van der Waals surface area contributed by atoms with Crippen molar-refractivity contribution in [1.29, 1.82) is 0 Å². The highest BCUT2D eigenvalue weighted by Crippen LogP contribution is 2.31. The van der Waals surface area contributed by atoms with E-state index < -0.39 is 5.76 Å². The fourth-order valence-corrected chi connectivity index (χ4v) is 3.36. The molecule has 0 heterocycles. The Bertz CT molecular complexity index is 1060. The monoisotopic (exact) mass is 457 g/mol. The first-order valence-electron chi connectivity index (χ1n) is 9.57. The van der Waals surface area contributed by atoms with Crippen molar-refractivity contribution in [2.45, 2.75) is 10.7 Å². The Morgan fingerprint density at radius 3 is 2.22 bits per heavy atom. The van der Waals surface area contributed by atoms with Gasteiger partial charge in [-0.1, -0.05) is 23.9 Å². The lowest BCUT2D eigenvalue weighted by molar-refractivity contribution is -0.114. The van der Waals surface area contributed by atoms with Gasteiger partial charge in [0.05, 0.1) is 19.3 Å². The zero-order valence-electron chi connectivity index (χ0n) is 17.1. The molecule has 0 bridgehead atoms. The molecule has 2 amide bonds. The van der Waals surface area contributed by atoms with E-state index in [0.29, 0.717) is 45.0 Å². The number of carbonyl (C=O) groups is 2. The van der Waals surface area contributed by atoms with Crippen LogP contribution in [0, 0.1) is 0 Å². The second kappa shape index (κ2) is 11.1. The zero-order chi connectivity index (χ0) is 22.9. The molecule has 0 aromatic heterocycles. The maximum Gasteiger partial charge on any atom is 0.288 e. The lowest BCUT2D eigenvalue weighted by Crippen LogP contribution is -2.22. The molecule has 0 radical (unpaired) electrons. The third-order valence-corrected chi connectivity index (χ3v) is 5.11. The van der Waals surface area contributed by atoms with Gasteiger partial charge in [0.15, 0.2) is 0 Å². The molecule has 0 spiro atoms. The fraction of sp³-hybridized carbons (Fsp3) is 0.130. The predicted molar refractivity (Wildman–Crippen MR) is 123 cm³/mol. The van der Waals surface area contributed by atoms with E-state index in [9.17, 15) is 18.4 Å². The summed E-state index contributed by atoms with van der Waals surface area (Å²) >= 11 is 0.375. The van der Waals surface area contributed by atoms with E-state index in [-0.39, 0.29) is 18.4 Å². The number of amides is 2. The number of thioether (sulfide) groups is 1. The van der Waals surface area contributed by atoms with Gasteiger partial charge in [-0.05, 0) is 60.7 Å². The quantitative estimate of drug-likeness (QED) is 0.380. The molecule has 0 saturated heterocycles. The van der Waals surface area contributed by atoms with Gasteiger partial charge in [0.25, 0.3) is 11.7 Å². The number of methoxy groups -OCH3 is 1. The van der Waals surface area contributed by atoms with Crippen LogP contribution in [-0.2, 0) is 4.79 Å². The number of carbonyl (C=O) groups excluding carboxylic acids is 2. The molecular weight excluding hydrogens is 436 g/mol. The Balaban J connectivity index is 1.52. The summed E-state index contributed by atoms with van der Waals surface area (Å²) in [5, 5.41) is 8.35. The topological polar surface area (TPSA) is 79.5 Å². The first-order valence-corrected chi connectivity index (χ1v) is 10.5. The molecule has 0 aliphatic carbocycles. The molecule has 3 aromatic carbocycles. The third kappa shape index (κ3) is 6.71. The van der Waals surface area contributed by atoms with Crippen LogP contribution in [0.4, 0.5) is 25.8 Å². The molecule has 3 rings (SSSR count). The van der Waals surface area contributed by atoms with Crippen LogP contribution in [0.3, 0.4) is 0 Å². The first kappa shape index (κ1) is 23.1. The van der Waals surface area contributed by atoms with Crippen LogP contribution in [0.5, 0.6) is 5.75 Å². The summed E-state index contributed by atoms with van der Waals surface area (Å²) in [6.45, 7) is -0.0644. The molecule has 0 aliphatic heterocycles. The Labute approximate surface area is 188 Å². The van der Waals surface area contributed by atoms with Crippen molar-refractivity contribution in [3.05, 3.63) is 78.4 Å². The van der Waals surface area contributed by atoms with Crippen LogP contribution in [0.15, 0.2) is 77.7 Å². The molecular formula is C23H21F2N3O3S. The number of ether oxygens (including phenoxy) is 1. The summed E-state index contributed by atoms with van der Waals surface area (Å²) in [6, 6.07) is 20.0. The van der Waals surface area contributed by atoms with E-state index in [1.807, 2.05) is 0 Å². The molecule has 0 aliphatic rings. The highest BCUT2D eigenvalue weighted by atomic mass is 32.2. The molecule has 0 fully saturated rings. The van der Waals surface area contributed by atoms with Crippen LogP contribution >= 0.6 is 11.8 Å². The highest BCUT2D eigenvalue weighted by molar-refractivity contribution is 7.99. The summed E-state index contributed by atoms with van der Waals surface area (Å²) in [4.78, 5) is 24.9. The van der Waals surface area contributed by atoms with Crippen molar-refractivity contribution in [1.82, 2.24) is 0 Å². The van der Waals surface area contributed by atoms with Crippen molar-refractivity contribution in [3.8, 4) is 5.75 Å². The van der Waals surface area contributed by atoms with Gasteiger partial charge in [-0.3, -0.25) is 9.59 Å². The van der Waals surface area contributed by atoms with Crippen molar-refractivity contribution >= 4 is 40.6 Å². The number of hydrogen-bond acceptors (Lipinski definition) is 5. The van der Waals surface area contributed by atoms with Crippen molar-refractivity contribution in [2.24, 2.45) is 0 Å². The molecule has 32 heavy (non-hydrogen) atoms. The van der Waals surface area contributed by atoms with Crippen LogP contribution in [-0.4, -0.2) is 31.2 Å². The zero-order valence-corrected chi connectivity index (χ0v) is 17.9. The van der Waals surface area contributed by atoms with Crippen LogP contribution < -0.4 is 20.7 Å². The van der Waals surface area contributed by atoms with Crippen molar-refractivity contribution in [3.63, 3.8) is 0 Å². The first-order chi connectivity index (χ1) is 15.4. The van der Waals surface area contributed by atoms with E-state index in [0.717, 1.165) is 0 Å². The number of hydrogen-bond donors (Lipinski definition) is 3. The van der Waals surface area contributed by atoms with Crippen molar-refractivity contribution < 1.29 is 23.1 Å². The SMILES string of the molecule is COc1ccc(NC(=O)c2ccc(NCC(=O)Nc3ccccc3SC(F)F)cc2)cc1. The number of nitrogens with one attached hydrogen (secondary N) is 3. The number of halogens is 2. The molecule has 3 N–H and O–H groups in total. The Kier molecular flexibility index (Phi) is 8.04. The molecule has 9 heteroatoms. The average molecular weight is 458 g/mol. The summed E-state index contributed by atoms with van der Waals surface area (Å²) < 4.78 is 30.4. The van der Waals surface area contributed by atoms with E-state index in [2.05, 4.69) is 16.0 Å². The van der Waals surface area contributed by atoms with Gasteiger partial charge in [0.1, 0.15) is 5.75 Å². The Morgan fingerprint density at radius 2 is 1.56 bits per heavy atom. The number of alkyl halides is 2. The molecule has 0 atom stereocenters. The summed E-state index contributed by atoms with van der Waals surface area (Å²) in [7, 11) is 1.57. The lowest BCUT2D eigenvalue weighted by atomic mass is 10.2. The second-order valence-electron chi connectivity index (χ2n) is 6.54. The predicted octanol–water partition coefficient (Wildman–Crippen LogP) is 5.31. The van der Waals surface area contributed by atoms with Gasteiger partial charge in [-0.15, -0.1) is 0 Å². The summed E-state index contributed by atoms with van der Waals surface area (Å²) in [5.41, 5.74) is 2.06. The second-order valence-corrected chi connectivity index (χ2v) is 7.57. The Hall–Kier alpha value is -3.59. The van der Waals surface area contributed by atoms with E-state index >= 15 is 0 Å². The number of para-hydroxylation sites is 1. The third-order valence-electron chi connectivity index (χ3n) is 4.33. The summed E-state index contributed by atoms with van der Waals surface area (Å²) in [6.07, 6.45) is 0. The van der Waals surface area contributed by atoms with E-state index in [1.165, 1.54) is 6.07 Å². The minimum atomic E-state index is -2.58. The normalized spacial score (nSPS) is 10.5. The van der Waals surface area contributed by atoms with Gasteiger partial charge < -0.3 is 20.7 Å². The van der Waals surface area contributed by atoms with Crippen LogP contribution in [0.1, 0.15) is 10.4 Å². The maximum absolute atomic E-state index is 12.7. The van der Waals surface area contributed by atoms with Gasteiger partial charge in [-0.25, -0.2) is 0 Å². The largest absolute Gasteiger partial charge is 0.497 e. The molecule has 0 saturated carbocycles. The molecule has 0 unspecified atom stereocenters. The van der Waals surface area contributed by atoms with E-state index in [4.69, 9.17) is 4.74 Å².